The molecule has 200 valence electrons. The van der Waals surface area contributed by atoms with E-state index in [4.69, 9.17) is 11.6 Å². The lowest BCUT2D eigenvalue weighted by Crippen LogP contribution is -2.51. The Morgan fingerprint density at radius 2 is 1.87 bits per heavy atom. The molecule has 0 fully saturated rings. The fourth-order valence-corrected chi connectivity index (χ4v) is 4.15. The van der Waals surface area contributed by atoms with Crippen LogP contribution in [0.2, 0.25) is 5.02 Å². The largest absolute Gasteiger partial charge is 0.453 e. The summed E-state index contributed by atoms with van der Waals surface area (Å²) in [5.74, 6) is -0.403. The predicted octanol–water partition coefficient (Wildman–Crippen LogP) is 3.49. The standard InChI is InChI=1S/C27H26ClN7O4/c1-39-27(38)31-23-10-7-20(8-11-23)26(37)35(24(17-36)15-19-5-3-2-4-6-19)30-14-13-21-16-22(28)9-12-25(21)34-18-29-32-33-34/h2-12,16-18,24,30H,13-15H2,1H3,(H,31,38)/t24-/m0/s1. The Morgan fingerprint density at radius 1 is 1.10 bits per heavy atom. The van der Waals surface area contributed by atoms with Gasteiger partial charge >= 0.3 is 6.09 Å². The van der Waals surface area contributed by atoms with Crippen molar-refractivity contribution in [3.05, 3.63) is 101 Å². The number of ether oxygens (including phenoxy) is 1. The molecule has 0 aliphatic heterocycles. The lowest BCUT2D eigenvalue weighted by molar-refractivity contribution is -0.112. The van der Waals surface area contributed by atoms with Crippen molar-refractivity contribution >= 4 is 35.6 Å². The van der Waals surface area contributed by atoms with E-state index in [1.807, 2.05) is 36.4 Å². The summed E-state index contributed by atoms with van der Waals surface area (Å²) in [6, 6.07) is 20.3. The zero-order valence-corrected chi connectivity index (χ0v) is 21.8. The van der Waals surface area contributed by atoms with Crippen LogP contribution in [-0.4, -0.2) is 63.2 Å². The summed E-state index contributed by atoms with van der Waals surface area (Å²) >= 11 is 6.24. The second kappa shape index (κ2) is 13.3. The minimum Gasteiger partial charge on any atom is -0.453 e. The van der Waals surface area contributed by atoms with E-state index < -0.39 is 18.0 Å². The van der Waals surface area contributed by atoms with E-state index in [1.165, 1.54) is 23.1 Å². The molecule has 0 saturated heterocycles. The van der Waals surface area contributed by atoms with Gasteiger partial charge in [0.1, 0.15) is 18.7 Å². The number of nitrogens with one attached hydrogen (secondary N) is 2. The van der Waals surface area contributed by atoms with Crippen LogP contribution in [0.5, 0.6) is 0 Å². The molecule has 39 heavy (non-hydrogen) atoms. The lowest BCUT2D eigenvalue weighted by Gasteiger charge is -2.29. The molecule has 4 rings (SSSR count). The molecule has 0 bridgehead atoms. The number of hydrogen-bond acceptors (Lipinski definition) is 8. The minimum absolute atomic E-state index is 0.308. The van der Waals surface area contributed by atoms with Gasteiger partial charge in [0.05, 0.1) is 12.8 Å². The summed E-state index contributed by atoms with van der Waals surface area (Å²) in [4.78, 5) is 37.3. The molecule has 3 aromatic carbocycles. The topological polar surface area (TPSA) is 131 Å². The SMILES string of the molecule is COC(=O)Nc1ccc(C(=O)N(NCCc2cc(Cl)ccc2-n2cnnn2)[C@H](C=O)Cc2ccccc2)cc1. The molecule has 0 spiro atoms. The van der Waals surface area contributed by atoms with Gasteiger partial charge in [0.25, 0.3) is 5.91 Å². The van der Waals surface area contributed by atoms with Gasteiger partial charge in [-0.2, -0.15) is 0 Å². The number of anilines is 1. The average Bonchev–Trinajstić information content (AvgIpc) is 3.50. The number of carbonyl (C=O) groups is 3. The van der Waals surface area contributed by atoms with Crippen LogP contribution in [0.4, 0.5) is 10.5 Å². The number of aldehydes is 1. The first kappa shape index (κ1) is 27.4. The first-order valence-corrected chi connectivity index (χ1v) is 12.4. The Hall–Kier alpha value is -4.61. The third-order valence-corrected chi connectivity index (χ3v) is 6.11. The van der Waals surface area contributed by atoms with E-state index in [1.54, 1.807) is 36.4 Å². The summed E-state index contributed by atoms with van der Waals surface area (Å²) in [5, 5.41) is 15.8. The van der Waals surface area contributed by atoms with Crippen LogP contribution < -0.4 is 10.7 Å². The number of rotatable bonds is 11. The Balaban J connectivity index is 1.55. The number of aromatic nitrogens is 4. The van der Waals surface area contributed by atoms with Crippen LogP contribution in [-0.2, 0) is 22.4 Å². The molecule has 1 aromatic heterocycles. The number of hydrazine groups is 1. The Morgan fingerprint density at radius 3 is 2.54 bits per heavy atom. The first-order chi connectivity index (χ1) is 19.0. The summed E-state index contributed by atoms with van der Waals surface area (Å²) in [6.07, 6.45) is 2.38. The smallest absolute Gasteiger partial charge is 0.411 e. The quantitative estimate of drug-likeness (QED) is 0.215. The Kier molecular flexibility index (Phi) is 9.33. The molecule has 2 amide bonds. The third-order valence-electron chi connectivity index (χ3n) is 5.87. The maximum absolute atomic E-state index is 13.6. The number of amides is 2. The van der Waals surface area contributed by atoms with E-state index >= 15 is 0 Å². The maximum atomic E-state index is 13.6. The highest BCUT2D eigenvalue weighted by Crippen LogP contribution is 2.20. The molecule has 2 N–H and O–H groups in total. The predicted molar refractivity (Wildman–Crippen MR) is 145 cm³/mol. The van der Waals surface area contributed by atoms with Crippen LogP contribution in [0.15, 0.2) is 79.1 Å². The Bertz CT molecular complexity index is 1400. The van der Waals surface area contributed by atoms with Gasteiger partial charge in [-0.1, -0.05) is 41.9 Å². The van der Waals surface area contributed by atoms with Gasteiger partial charge in [0.2, 0.25) is 0 Å². The molecule has 1 atom stereocenters. The molecule has 0 radical (unpaired) electrons. The number of hydrogen-bond donors (Lipinski definition) is 2. The van der Waals surface area contributed by atoms with Crippen LogP contribution >= 0.6 is 11.6 Å². The number of nitrogens with zero attached hydrogens (tertiary/aromatic N) is 5. The molecule has 4 aromatic rings. The lowest BCUT2D eigenvalue weighted by atomic mass is 10.1. The molecule has 0 saturated carbocycles. The zero-order valence-electron chi connectivity index (χ0n) is 21.0. The van der Waals surface area contributed by atoms with E-state index in [0.717, 1.165) is 23.1 Å². The number of tetrazole rings is 1. The molecular weight excluding hydrogens is 522 g/mol. The molecule has 12 heteroatoms. The van der Waals surface area contributed by atoms with E-state index in [9.17, 15) is 14.4 Å². The number of carbonyl (C=O) groups excluding carboxylic acids is 3. The van der Waals surface area contributed by atoms with Crippen LogP contribution in [0.25, 0.3) is 5.69 Å². The summed E-state index contributed by atoms with van der Waals surface area (Å²) < 4.78 is 6.13. The maximum Gasteiger partial charge on any atom is 0.411 e. The van der Waals surface area contributed by atoms with E-state index in [2.05, 4.69) is 31.0 Å². The van der Waals surface area contributed by atoms with Gasteiger partial charge in [0.15, 0.2) is 0 Å². The van der Waals surface area contributed by atoms with Gasteiger partial charge < -0.3 is 9.53 Å². The highest BCUT2D eigenvalue weighted by molar-refractivity contribution is 6.30. The van der Waals surface area contributed by atoms with Gasteiger partial charge in [-0.05, 0) is 70.4 Å². The number of benzene rings is 3. The summed E-state index contributed by atoms with van der Waals surface area (Å²) in [6.45, 7) is 0.308. The van der Waals surface area contributed by atoms with E-state index in [0.29, 0.717) is 35.7 Å². The summed E-state index contributed by atoms with van der Waals surface area (Å²) in [7, 11) is 1.26. The van der Waals surface area contributed by atoms with Crippen LogP contribution in [0.1, 0.15) is 21.5 Å². The highest BCUT2D eigenvalue weighted by Gasteiger charge is 2.25. The van der Waals surface area contributed by atoms with E-state index in [-0.39, 0.29) is 0 Å². The van der Waals surface area contributed by atoms with Crippen LogP contribution in [0.3, 0.4) is 0 Å². The molecule has 1 heterocycles. The molecule has 0 aliphatic rings. The first-order valence-electron chi connectivity index (χ1n) is 12.0. The van der Waals surface area contributed by atoms with Crippen molar-refractivity contribution in [2.75, 3.05) is 19.0 Å². The fourth-order valence-electron chi connectivity index (χ4n) is 3.96. The van der Waals surface area contributed by atoms with Crippen molar-refractivity contribution < 1.29 is 19.1 Å². The van der Waals surface area contributed by atoms with Gasteiger partial charge in [-0.15, -0.1) is 5.10 Å². The monoisotopic (exact) mass is 547 g/mol. The fraction of sp³-hybridized carbons (Fsp3) is 0.185. The molecule has 0 aliphatic carbocycles. The van der Waals surface area contributed by atoms with Gasteiger partial charge in [-0.25, -0.2) is 14.9 Å². The van der Waals surface area contributed by atoms with Crippen molar-refractivity contribution in [1.82, 2.24) is 30.6 Å². The van der Waals surface area contributed by atoms with Crippen molar-refractivity contribution in [3.63, 3.8) is 0 Å². The van der Waals surface area contributed by atoms with Crippen molar-refractivity contribution in [2.24, 2.45) is 0 Å². The second-order valence-corrected chi connectivity index (χ2v) is 8.88. The number of methoxy groups -OCH3 is 1. The third kappa shape index (κ3) is 7.24. The van der Waals surface area contributed by atoms with Crippen molar-refractivity contribution in [3.8, 4) is 5.69 Å². The van der Waals surface area contributed by atoms with Crippen molar-refractivity contribution in [1.29, 1.82) is 0 Å². The molecular formula is C27H26ClN7O4. The normalized spacial score (nSPS) is 11.4. The van der Waals surface area contributed by atoms with Crippen LogP contribution in [0, 0.1) is 0 Å². The Labute approximate surface area is 229 Å². The zero-order chi connectivity index (χ0) is 27.6. The second-order valence-electron chi connectivity index (χ2n) is 8.45. The molecule has 0 unspecified atom stereocenters. The van der Waals surface area contributed by atoms with Gasteiger partial charge in [-0.3, -0.25) is 15.1 Å². The average molecular weight is 548 g/mol. The van der Waals surface area contributed by atoms with Gasteiger partial charge in [0, 0.05) is 29.2 Å². The highest BCUT2D eigenvalue weighted by atomic mass is 35.5. The number of halogens is 1. The van der Waals surface area contributed by atoms with Crippen molar-refractivity contribution in [2.45, 2.75) is 18.9 Å². The summed E-state index contributed by atoms with van der Waals surface area (Å²) in [5.41, 5.74) is 6.43. The molecule has 11 nitrogen and oxygen atoms in total. The minimum atomic E-state index is -0.786.